The van der Waals surface area contributed by atoms with Gasteiger partial charge in [-0.3, -0.25) is 14.5 Å². The molecule has 2 heterocycles. The maximum atomic E-state index is 15.1. The number of hydrogen-bond acceptors (Lipinski definition) is 6. The zero-order valence-corrected chi connectivity index (χ0v) is 21.0. The molecule has 1 aliphatic rings. The van der Waals surface area contributed by atoms with Gasteiger partial charge in [-0.1, -0.05) is 0 Å². The number of carbonyl (C=O) groups excluding carboxylic acids is 2. The average molecular weight is 600 g/mol. The number of methoxy groups -OCH3 is 1. The summed E-state index contributed by atoms with van der Waals surface area (Å²) in [7, 11) is 1.13. The molecular weight excluding hydrogens is 584 g/mol. The van der Waals surface area contributed by atoms with Crippen LogP contribution in [0, 0.1) is 23.0 Å². The summed E-state index contributed by atoms with van der Waals surface area (Å²) in [6.07, 6.45) is -9.99. The highest BCUT2D eigenvalue weighted by atomic mass is 19.4. The molecule has 4 rings (SSSR count). The molecule has 8 nitrogen and oxygen atoms in total. The third-order valence-corrected chi connectivity index (χ3v) is 6.15. The first kappa shape index (κ1) is 30.0. The van der Waals surface area contributed by atoms with Crippen LogP contribution >= 0.6 is 0 Å². The van der Waals surface area contributed by atoms with Gasteiger partial charge >= 0.3 is 12.5 Å². The van der Waals surface area contributed by atoms with Crippen LogP contribution < -0.4 is 19.7 Å². The second-order valence-corrected chi connectivity index (χ2v) is 8.76. The lowest BCUT2D eigenvalue weighted by molar-refractivity contribution is -0.274. The number of anilines is 1. The minimum absolute atomic E-state index is 0.233. The molecule has 1 aromatic heterocycles. The third kappa shape index (κ3) is 6.19. The van der Waals surface area contributed by atoms with Crippen LogP contribution in [0.15, 0.2) is 48.5 Å². The highest BCUT2D eigenvalue weighted by molar-refractivity contribution is 6.05. The molecule has 0 radical (unpaired) electrons. The van der Waals surface area contributed by atoms with E-state index in [1.807, 2.05) is 0 Å². The van der Waals surface area contributed by atoms with E-state index in [0.717, 1.165) is 49.6 Å². The summed E-state index contributed by atoms with van der Waals surface area (Å²) < 4.78 is 116. The number of carbonyl (C=O) groups is 2. The molecule has 220 valence electrons. The number of alkyl halides is 6. The normalized spacial score (nSPS) is 17.1. The lowest BCUT2D eigenvalue weighted by Gasteiger charge is -2.20. The average Bonchev–Trinajstić information content (AvgIpc) is 3.21. The first-order valence-electron chi connectivity index (χ1n) is 11.6. The van der Waals surface area contributed by atoms with E-state index in [-0.39, 0.29) is 11.3 Å². The fourth-order valence-corrected chi connectivity index (χ4v) is 4.31. The van der Waals surface area contributed by atoms with Gasteiger partial charge in [-0.25, -0.2) is 13.8 Å². The molecule has 0 saturated carbocycles. The molecule has 1 aliphatic heterocycles. The Bertz CT molecular complexity index is 1550. The van der Waals surface area contributed by atoms with Gasteiger partial charge in [-0.15, -0.1) is 13.2 Å². The molecule has 1 saturated heterocycles. The van der Waals surface area contributed by atoms with Crippen molar-refractivity contribution in [2.75, 3.05) is 18.6 Å². The van der Waals surface area contributed by atoms with Gasteiger partial charge in [0.05, 0.1) is 12.7 Å². The van der Waals surface area contributed by atoms with Crippen LogP contribution in [-0.2, 0) is 11.0 Å². The van der Waals surface area contributed by atoms with Crippen molar-refractivity contribution >= 4 is 17.6 Å². The summed E-state index contributed by atoms with van der Waals surface area (Å²) in [6.45, 7) is -0.717. The number of halogens is 8. The Morgan fingerprint density at radius 1 is 1.02 bits per heavy atom. The standard InChI is InChI=1S/C26H16F8N4O4/c1-41-15-8-17(27)20(18(28)9-15)16-11-38(22-13(10-35)4-7-19(36-22)25(29,30)31)24(40)21(16)37-23(39)12-2-5-14(6-3-12)42-26(32,33)34/h2-9,16,21H,11H2,1H3,(H,37,39)/t16-,21-/m0/s1. The summed E-state index contributed by atoms with van der Waals surface area (Å²) in [4.78, 5) is 30.5. The van der Waals surface area contributed by atoms with Crippen molar-refractivity contribution in [2.24, 2.45) is 0 Å². The highest BCUT2D eigenvalue weighted by Crippen LogP contribution is 2.38. The fourth-order valence-electron chi connectivity index (χ4n) is 4.31. The second kappa shape index (κ2) is 11.1. The van der Waals surface area contributed by atoms with Gasteiger partial charge in [0.25, 0.3) is 11.8 Å². The van der Waals surface area contributed by atoms with Crippen LogP contribution in [-0.4, -0.2) is 42.9 Å². The zero-order chi connectivity index (χ0) is 31.0. The lowest BCUT2D eigenvalue weighted by Crippen LogP contribution is -2.44. The monoisotopic (exact) mass is 600 g/mol. The van der Waals surface area contributed by atoms with Crippen LogP contribution in [0.25, 0.3) is 0 Å². The lowest BCUT2D eigenvalue weighted by atomic mass is 9.92. The minimum atomic E-state index is -5.01. The van der Waals surface area contributed by atoms with E-state index in [9.17, 15) is 41.2 Å². The summed E-state index contributed by atoms with van der Waals surface area (Å²) in [6, 6.07) is 6.06. The number of nitriles is 1. The van der Waals surface area contributed by atoms with Gasteiger partial charge in [-0.2, -0.15) is 18.4 Å². The van der Waals surface area contributed by atoms with Crippen LogP contribution in [0.1, 0.15) is 33.1 Å². The van der Waals surface area contributed by atoms with Gasteiger partial charge < -0.3 is 14.8 Å². The van der Waals surface area contributed by atoms with Crippen molar-refractivity contribution in [1.29, 1.82) is 5.26 Å². The van der Waals surface area contributed by atoms with Gasteiger partial charge in [0, 0.05) is 35.7 Å². The summed E-state index contributed by atoms with van der Waals surface area (Å²) in [5.41, 5.74) is -2.95. The number of amides is 2. The molecule has 2 amide bonds. The van der Waals surface area contributed by atoms with E-state index in [4.69, 9.17) is 4.74 Å². The first-order chi connectivity index (χ1) is 19.6. The molecule has 0 spiro atoms. The number of ether oxygens (including phenoxy) is 2. The van der Waals surface area contributed by atoms with Crippen LogP contribution in [0.2, 0.25) is 0 Å². The van der Waals surface area contributed by atoms with E-state index in [2.05, 4.69) is 15.0 Å². The van der Waals surface area contributed by atoms with Gasteiger partial charge in [0.2, 0.25) is 0 Å². The van der Waals surface area contributed by atoms with Crippen molar-refractivity contribution in [2.45, 2.75) is 24.5 Å². The summed E-state index contributed by atoms with van der Waals surface area (Å²) in [5.74, 6) is -7.89. The van der Waals surface area contributed by atoms with Crippen molar-refractivity contribution in [3.05, 3.63) is 82.5 Å². The smallest absolute Gasteiger partial charge is 0.497 e. The Labute approximate surface area is 231 Å². The third-order valence-electron chi connectivity index (χ3n) is 6.15. The largest absolute Gasteiger partial charge is 0.573 e. The molecule has 42 heavy (non-hydrogen) atoms. The predicted molar refractivity (Wildman–Crippen MR) is 126 cm³/mol. The Morgan fingerprint density at radius 2 is 1.64 bits per heavy atom. The van der Waals surface area contributed by atoms with E-state index in [1.165, 1.54) is 0 Å². The second-order valence-electron chi connectivity index (χ2n) is 8.76. The van der Waals surface area contributed by atoms with E-state index >= 15 is 8.78 Å². The maximum absolute atomic E-state index is 15.1. The number of nitrogens with zero attached hydrogens (tertiary/aromatic N) is 3. The highest BCUT2D eigenvalue weighted by Gasteiger charge is 2.47. The van der Waals surface area contributed by atoms with E-state index < -0.39 is 82.9 Å². The van der Waals surface area contributed by atoms with Gasteiger partial charge in [0.1, 0.15) is 40.9 Å². The molecule has 2 atom stereocenters. The predicted octanol–water partition coefficient (Wildman–Crippen LogP) is 5.09. The Hall–Kier alpha value is -4.94. The molecular formula is C26H16F8N4O4. The van der Waals surface area contributed by atoms with Gasteiger partial charge in [0.15, 0.2) is 5.82 Å². The van der Waals surface area contributed by atoms with E-state index in [0.29, 0.717) is 11.0 Å². The molecule has 1 N–H and O–H groups in total. The molecule has 1 fully saturated rings. The Balaban J connectivity index is 1.75. The molecule has 0 unspecified atom stereocenters. The molecule has 16 heteroatoms. The van der Waals surface area contributed by atoms with Crippen LogP contribution in [0.5, 0.6) is 11.5 Å². The number of hydrogen-bond donors (Lipinski definition) is 1. The summed E-state index contributed by atoms with van der Waals surface area (Å²) in [5, 5.41) is 11.7. The topological polar surface area (TPSA) is 105 Å². The maximum Gasteiger partial charge on any atom is 0.573 e. The quantitative estimate of drug-likeness (QED) is 0.396. The molecule has 0 bridgehead atoms. The summed E-state index contributed by atoms with van der Waals surface area (Å²) >= 11 is 0. The number of rotatable bonds is 6. The van der Waals surface area contributed by atoms with E-state index in [1.54, 1.807) is 6.07 Å². The number of benzene rings is 2. The van der Waals surface area contributed by atoms with Crippen molar-refractivity contribution in [3.8, 4) is 17.6 Å². The van der Waals surface area contributed by atoms with Gasteiger partial charge in [-0.05, 0) is 36.4 Å². The number of aromatic nitrogens is 1. The number of pyridine rings is 1. The SMILES string of the molecule is COc1cc(F)c([C@@H]2CN(c3nc(C(F)(F)F)ccc3C#N)C(=O)[C@H]2NC(=O)c2ccc(OC(F)(F)F)cc2)c(F)c1. The number of nitrogens with one attached hydrogen (secondary N) is 1. The Morgan fingerprint density at radius 3 is 2.17 bits per heavy atom. The Kier molecular flexibility index (Phi) is 7.97. The van der Waals surface area contributed by atoms with Crippen molar-refractivity contribution in [1.82, 2.24) is 10.3 Å². The molecule has 2 aromatic carbocycles. The van der Waals surface area contributed by atoms with Crippen LogP contribution in [0.3, 0.4) is 0 Å². The van der Waals surface area contributed by atoms with Crippen LogP contribution in [0.4, 0.5) is 40.9 Å². The fraction of sp³-hybridized carbons (Fsp3) is 0.231. The molecule has 0 aliphatic carbocycles. The van der Waals surface area contributed by atoms with Crippen molar-refractivity contribution < 1.29 is 54.2 Å². The minimum Gasteiger partial charge on any atom is -0.497 e. The first-order valence-corrected chi connectivity index (χ1v) is 11.6. The molecule has 3 aromatic rings. The van der Waals surface area contributed by atoms with Crippen molar-refractivity contribution in [3.63, 3.8) is 0 Å². The zero-order valence-electron chi connectivity index (χ0n) is 21.0.